The molecule has 0 bridgehead atoms. The highest BCUT2D eigenvalue weighted by atomic mass is 32.1. The minimum Gasteiger partial charge on any atom is -0.381 e. The number of carbonyl (C=O) groups is 1. The Morgan fingerprint density at radius 1 is 1.50 bits per heavy atom. The molecule has 1 saturated carbocycles. The molecule has 3 rings (SSSR count). The van der Waals surface area contributed by atoms with Crippen molar-refractivity contribution in [2.24, 2.45) is 11.1 Å². The van der Waals surface area contributed by atoms with Crippen molar-refractivity contribution < 1.29 is 9.53 Å². The van der Waals surface area contributed by atoms with Crippen molar-refractivity contribution in [2.75, 3.05) is 19.8 Å². The molecule has 1 aliphatic heterocycles. The molecule has 6 heteroatoms. The highest BCUT2D eigenvalue weighted by Crippen LogP contribution is 2.40. The molecule has 110 valence electrons. The fourth-order valence-electron chi connectivity index (χ4n) is 2.60. The van der Waals surface area contributed by atoms with Crippen LogP contribution in [0.15, 0.2) is 5.38 Å². The van der Waals surface area contributed by atoms with E-state index in [4.69, 9.17) is 10.5 Å². The lowest BCUT2D eigenvalue weighted by atomic mass is 9.79. The second-order valence-corrected chi connectivity index (χ2v) is 6.66. The van der Waals surface area contributed by atoms with E-state index in [1.54, 1.807) is 11.3 Å². The number of aromatic nitrogens is 1. The van der Waals surface area contributed by atoms with Gasteiger partial charge in [-0.2, -0.15) is 0 Å². The van der Waals surface area contributed by atoms with Crippen LogP contribution in [0, 0.1) is 5.41 Å². The van der Waals surface area contributed by atoms with E-state index >= 15 is 0 Å². The first kappa shape index (κ1) is 14.0. The zero-order valence-corrected chi connectivity index (χ0v) is 12.4. The lowest BCUT2D eigenvalue weighted by Gasteiger charge is -2.34. The number of ether oxygens (including phenoxy) is 1. The van der Waals surface area contributed by atoms with E-state index in [0.29, 0.717) is 45.1 Å². The predicted molar refractivity (Wildman–Crippen MR) is 77.5 cm³/mol. The highest BCUT2D eigenvalue weighted by molar-refractivity contribution is 7.09. The van der Waals surface area contributed by atoms with Gasteiger partial charge in [0.25, 0.3) is 0 Å². The summed E-state index contributed by atoms with van der Waals surface area (Å²) in [6, 6.07) is 0. The Morgan fingerprint density at radius 2 is 2.25 bits per heavy atom. The molecule has 0 atom stereocenters. The van der Waals surface area contributed by atoms with Gasteiger partial charge in [-0.15, -0.1) is 11.3 Å². The number of nitrogens with two attached hydrogens (primary N) is 1. The average molecular weight is 295 g/mol. The van der Waals surface area contributed by atoms with Crippen LogP contribution in [0.25, 0.3) is 0 Å². The van der Waals surface area contributed by atoms with Gasteiger partial charge in [-0.1, -0.05) is 0 Å². The number of nitrogens with zero attached hydrogens (tertiary/aromatic N) is 1. The second kappa shape index (κ2) is 5.79. The van der Waals surface area contributed by atoms with Gasteiger partial charge < -0.3 is 15.8 Å². The quantitative estimate of drug-likeness (QED) is 0.860. The number of carbonyl (C=O) groups excluding carboxylic acids is 1. The molecule has 1 saturated heterocycles. The number of amides is 1. The molecule has 0 unspecified atom stereocenters. The predicted octanol–water partition coefficient (Wildman–Crippen LogP) is 1.39. The minimum atomic E-state index is -0.450. The summed E-state index contributed by atoms with van der Waals surface area (Å²) in [6.07, 6.45) is 3.93. The topological polar surface area (TPSA) is 77.2 Å². The van der Waals surface area contributed by atoms with E-state index in [1.807, 2.05) is 0 Å². The molecule has 1 amide bonds. The number of hydrogen-bond donors (Lipinski definition) is 2. The van der Waals surface area contributed by atoms with Crippen molar-refractivity contribution in [3.8, 4) is 0 Å². The van der Waals surface area contributed by atoms with Crippen LogP contribution >= 0.6 is 11.3 Å². The third-order valence-corrected chi connectivity index (χ3v) is 5.15. The summed E-state index contributed by atoms with van der Waals surface area (Å²) < 4.78 is 5.33. The van der Waals surface area contributed by atoms with Crippen LogP contribution in [0.5, 0.6) is 0 Å². The molecule has 0 spiro atoms. The summed E-state index contributed by atoms with van der Waals surface area (Å²) in [5.41, 5.74) is 6.57. The van der Waals surface area contributed by atoms with Crippen LogP contribution in [0.3, 0.4) is 0 Å². The average Bonchev–Trinajstić information content (AvgIpc) is 3.24. The van der Waals surface area contributed by atoms with Crippen LogP contribution < -0.4 is 11.1 Å². The molecule has 0 radical (unpaired) electrons. The molecule has 5 nitrogen and oxygen atoms in total. The molecule has 2 heterocycles. The van der Waals surface area contributed by atoms with Crippen molar-refractivity contribution >= 4 is 17.2 Å². The summed E-state index contributed by atoms with van der Waals surface area (Å²) in [4.78, 5) is 17.0. The Hall–Kier alpha value is -0.980. The first-order valence-corrected chi connectivity index (χ1v) is 8.12. The molecule has 0 aromatic carbocycles. The summed E-state index contributed by atoms with van der Waals surface area (Å²) in [7, 11) is 0. The Kier molecular flexibility index (Phi) is 4.05. The minimum absolute atomic E-state index is 0.0477. The number of hydrogen-bond acceptors (Lipinski definition) is 5. The Bertz CT molecular complexity index is 479. The lowest BCUT2D eigenvalue weighted by Crippen LogP contribution is -2.48. The van der Waals surface area contributed by atoms with Gasteiger partial charge in [0.15, 0.2) is 0 Å². The summed E-state index contributed by atoms with van der Waals surface area (Å²) in [5.74, 6) is 0.716. The molecule has 1 aromatic rings. The smallest absolute Gasteiger partial charge is 0.228 e. The zero-order chi connectivity index (χ0) is 14.0. The summed E-state index contributed by atoms with van der Waals surface area (Å²) in [5, 5.41) is 6.11. The van der Waals surface area contributed by atoms with Gasteiger partial charge >= 0.3 is 0 Å². The third kappa shape index (κ3) is 2.87. The first-order chi connectivity index (χ1) is 9.73. The maximum absolute atomic E-state index is 12.4. The molecule has 1 aliphatic carbocycles. The van der Waals surface area contributed by atoms with Crippen molar-refractivity contribution in [3.63, 3.8) is 0 Å². The van der Waals surface area contributed by atoms with E-state index in [0.717, 1.165) is 5.01 Å². The largest absolute Gasteiger partial charge is 0.381 e. The Morgan fingerprint density at radius 3 is 2.90 bits per heavy atom. The molecule has 3 N–H and O–H groups in total. The van der Waals surface area contributed by atoms with Crippen LogP contribution in [0.1, 0.15) is 42.3 Å². The molecular formula is C14H21N3O2S. The number of thiazole rings is 1. The number of nitrogens with one attached hydrogen (secondary N) is 1. The van der Waals surface area contributed by atoms with Crippen LogP contribution in [0.4, 0.5) is 0 Å². The fraction of sp³-hybridized carbons (Fsp3) is 0.714. The summed E-state index contributed by atoms with van der Waals surface area (Å²) >= 11 is 1.63. The maximum atomic E-state index is 12.4. The molecule has 2 aliphatic rings. The van der Waals surface area contributed by atoms with Gasteiger partial charge in [-0.05, 0) is 25.7 Å². The van der Waals surface area contributed by atoms with E-state index < -0.39 is 5.41 Å². The highest BCUT2D eigenvalue weighted by Gasteiger charge is 2.38. The lowest BCUT2D eigenvalue weighted by molar-refractivity contribution is -0.136. The van der Waals surface area contributed by atoms with Gasteiger partial charge in [0, 0.05) is 31.1 Å². The number of rotatable bonds is 5. The van der Waals surface area contributed by atoms with Crippen LogP contribution in [-0.2, 0) is 16.1 Å². The van der Waals surface area contributed by atoms with Crippen molar-refractivity contribution in [3.05, 3.63) is 16.1 Å². The normalized spacial score (nSPS) is 21.6. The monoisotopic (exact) mass is 295 g/mol. The molecular weight excluding hydrogens is 274 g/mol. The van der Waals surface area contributed by atoms with Crippen LogP contribution in [0.2, 0.25) is 0 Å². The van der Waals surface area contributed by atoms with Gasteiger partial charge in [0.2, 0.25) is 5.91 Å². The van der Waals surface area contributed by atoms with Gasteiger partial charge in [0.05, 0.1) is 17.7 Å². The van der Waals surface area contributed by atoms with Gasteiger partial charge in [0.1, 0.15) is 5.01 Å². The maximum Gasteiger partial charge on any atom is 0.228 e. The Labute approximate surface area is 122 Å². The fourth-order valence-corrected chi connectivity index (χ4v) is 3.42. The molecule has 1 aromatic heterocycles. The SMILES string of the molecule is NCC1(C(=O)NCc2nc(C3CC3)cs2)CCOCC1. The summed E-state index contributed by atoms with van der Waals surface area (Å²) in [6.45, 7) is 2.13. The Balaban J connectivity index is 1.57. The van der Waals surface area contributed by atoms with Gasteiger partial charge in [-0.25, -0.2) is 4.98 Å². The second-order valence-electron chi connectivity index (χ2n) is 5.72. The van der Waals surface area contributed by atoms with E-state index in [9.17, 15) is 4.79 Å². The van der Waals surface area contributed by atoms with Crippen LogP contribution in [-0.4, -0.2) is 30.6 Å². The zero-order valence-electron chi connectivity index (χ0n) is 11.6. The van der Waals surface area contributed by atoms with Crippen molar-refractivity contribution in [2.45, 2.75) is 38.1 Å². The van der Waals surface area contributed by atoms with Gasteiger partial charge in [-0.3, -0.25) is 4.79 Å². The third-order valence-electron chi connectivity index (χ3n) is 4.29. The van der Waals surface area contributed by atoms with Crippen molar-refractivity contribution in [1.29, 1.82) is 0 Å². The van der Waals surface area contributed by atoms with E-state index in [1.165, 1.54) is 18.5 Å². The van der Waals surface area contributed by atoms with E-state index in [-0.39, 0.29) is 5.91 Å². The van der Waals surface area contributed by atoms with E-state index in [2.05, 4.69) is 15.7 Å². The van der Waals surface area contributed by atoms with Crippen molar-refractivity contribution in [1.82, 2.24) is 10.3 Å². The molecule has 2 fully saturated rings. The molecule has 20 heavy (non-hydrogen) atoms. The standard InChI is InChI=1S/C14H21N3O2S/c15-9-14(3-5-19-6-4-14)13(18)16-7-12-17-11(8-20-12)10-1-2-10/h8,10H,1-7,9,15H2,(H,16,18). The first-order valence-electron chi connectivity index (χ1n) is 7.24.